The van der Waals surface area contributed by atoms with Gasteiger partial charge >= 0.3 is 0 Å². The first kappa shape index (κ1) is 7.91. The smallest absolute Gasteiger partial charge is 0.274 e. The topological polar surface area (TPSA) is 38.9 Å². The fraction of sp³-hybridized carbons (Fsp3) is 0.286. The van der Waals surface area contributed by atoms with Crippen molar-refractivity contribution in [3.8, 4) is 0 Å². The first-order chi connectivity index (χ1) is 5.02. The zero-order valence-corrected chi connectivity index (χ0v) is 6.01. The lowest BCUT2D eigenvalue weighted by molar-refractivity contribution is 0.0180. The van der Waals surface area contributed by atoms with Crippen LogP contribution >= 0.6 is 0 Å². The molecule has 0 aliphatic carbocycles. The molecule has 0 aromatic carbocycles. The van der Waals surface area contributed by atoms with Crippen molar-refractivity contribution in [2.24, 2.45) is 0 Å². The second-order valence-corrected chi connectivity index (χ2v) is 2.32. The Hall–Kier alpha value is -1.19. The van der Waals surface area contributed by atoms with Crippen molar-refractivity contribution in [2.75, 3.05) is 5.73 Å². The number of anilines is 1. The molecule has 1 aromatic heterocycles. The van der Waals surface area contributed by atoms with Gasteiger partial charge in [0.25, 0.3) is 5.92 Å². The molecule has 0 amide bonds. The van der Waals surface area contributed by atoms with Gasteiger partial charge in [-0.25, -0.2) is 13.8 Å². The highest BCUT2D eigenvalue weighted by atomic mass is 19.3. The third-order valence-corrected chi connectivity index (χ3v) is 1.31. The molecule has 0 atom stereocenters. The van der Waals surface area contributed by atoms with Crippen LogP contribution in [-0.4, -0.2) is 4.98 Å². The van der Waals surface area contributed by atoms with Crippen LogP contribution < -0.4 is 5.73 Å². The van der Waals surface area contributed by atoms with Crippen LogP contribution in [0.2, 0.25) is 0 Å². The second kappa shape index (κ2) is 2.45. The molecule has 11 heavy (non-hydrogen) atoms. The van der Waals surface area contributed by atoms with Gasteiger partial charge in [0.1, 0.15) is 5.82 Å². The number of nitrogens with two attached hydrogens (primary N) is 1. The Labute approximate surface area is 63.1 Å². The second-order valence-electron chi connectivity index (χ2n) is 2.32. The summed E-state index contributed by atoms with van der Waals surface area (Å²) in [5.41, 5.74) is 4.99. The lowest BCUT2D eigenvalue weighted by Gasteiger charge is -2.11. The van der Waals surface area contributed by atoms with Crippen LogP contribution in [0.3, 0.4) is 0 Å². The van der Waals surface area contributed by atoms with E-state index in [0.717, 1.165) is 6.92 Å². The molecule has 1 aromatic rings. The van der Waals surface area contributed by atoms with Gasteiger partial charge in [-0.1, -0.05) is 0 Å². The minimum absolute atomic E-state index is 0.111. The first-order valence-electron chi connectivity index (χ1n) is 3.10. The number of alkyl halides is 2. The van der Waals surface area contributed by atoms with Gasteiger partial charge in [-0.05, 0) is 12.1 Å². The van der Waals surface area contributed by atoms with Crippen LogP contribution in [0.4, 0.5) is 14.6 Å². The normalized spacial score (nSPS) is 11.5. The Morgan fingerprint density at radius 3 is 2.55 bits per heavy atom. The highest BCUT2D eigenvalue weighted by Gasteiger charge is 2.26. The molecule has 1 rings (SSSR count). The monoisotopic (exact) mass is 158 g/mol. The summed E-state index contributed by atoms with van der Waals surface area (Å²) < 4.78 is 25.2. The molecular formula is C7H8F2N2. The molecule has 0 bridgehead atoms. The quantitative estimate of drug-likeness (QED) is 0.676. The van der Waals surface area contributed by atoms with E-state index in [9.17, 15) is 8.78 Å². The van der Waals surface area contributed by atoms with Gasteiger partial charge in [-0.3, -0.25) is 0 Å². The Balaban J connectivity index is 3.14. The Morgan fingerprint density at radius 1 is 1.55 bits per heavy atom. The number of rotatable bonds is 1. The van der Waals surface area contributed by atoms with E-state index >= 15 is 0 Å². The van der Waals surface area contributed by atoms with Crippen molar-refractivity contribution < 1.29 is 8.78 Å². The van der Waals surface area contributed by atoms with Gasteiger partial charge in [0.05, 0.1) is 5.56 Å². The SMILES string of the molecule is CC(F)(F)c1cccnc1N. The molecule has 0 unspecified atom stereocenters. The van der Waals surface area contributed by atoms with Crippen LogP contribution in [0.1, 0.15) is 12.5 Å². The largest absolute Gasteiger partial charge is 0.383 e. The molecular weight excluding hydrogens is 150 g/mol. The van der Waals surface area contributed by atoms with Gasteiger partial charge in [0, 0.05) is 13.1 Å². The Bertz CT molecular complexity index is 255. The average molecular weight is 158 g/mol. The third kappa shape index (κ3) is 1.63. The molecule has 2 N–H and O–H groups in total. The van der Waals surface area contributed by atoms with E-state index in [1.54, 1.807) is 0 Å². The fourth-order valence-electron chi connectivity index (χ4n) is 0.789. The highest BCUT2D eigenvalue weighted by molar-refractivity contribution is 5.41. The van der Waals surface area contributed by atoms with Crippen molar-refractivity contribution in [1.82, 2.24) is 4.98 Å². The van der Waals surface area contributed by atoms with Crippen molar-refractivity contribution in [3.63, 3.8) is 0 Å². The van der Waals surface area contributed by atoms with E-state index in [2.05, 4.69) is 4.98 Å². The number of nitrogen functional groups attached to an aromatic ring is 1. The number of pyridine rings is 1. The summed E-state index contributed by atoms with van der Waals surface area (Å²) in [7, 11) is 0. The maximum atomic E-state index is 12.6. The minimum Gasteiger partial charge on any atom is -0.383 e. The minimum atomic E-state index is -2.90. The van der Waals surface area contributed by atoms with Crippen molar-refractivity contribution in [1.29, 1.82) is 0 Å². The number of aromatic nitrogens is 1. The lowest BCUT2D eigenvalue weighted by atomic mass is 10.1. The summed E-state index contributed by atoms with van der Waals surface area (Å²) in [6.07, 6.45) is 1.38. The molecule has 0 saturated heterocycles. The van der Waals surface area contributed by atoms with Gasteiger partial charge in [0.15, 0.2) is 0 Å². The maximum Gasteiger partial charge on any atom is 0.274 e. The van der Waals surface area contributed by atoms with E-state index in [-0.39, 0.29) is 11.4 Å². The van der Waals surface area contributed by atoms with Crippen molar-refractivity contribution in [2.45, 2.75) is 12.8 Å². The van der Waals surface area contributed by atoms with E-state index in [1.165, 1.54) is 18.3 Å². The zero-order chi connectivity index (χ0) is 8.48. The lowest BCUT2D eigenvalue weighted by Crippen LogP contribution is -2.11. The van der Waals surface area contributed by atoms with Gasteiger partial charge in [-0.15, -0.1) is 0 Å². The molecule has 0 aliphatic rings. The van der Waals surface area contributed by atoms with Crippen molar-refractivity contribution in [3.05, 3.63) is 23.9 Å². The molecule has 0 spiro atoms. The van der Waals surface area contributed by atoms with Crippen LogP contribution in [-0.2, 0) is 5.92 Å². The van der Waals surface area contributed by atoms with E-state index in [4.69, 9.17) is 5.73 Å². The number of halogens is 2. The molecule has 0 aliphatic heterocycles. The fourth-order valence-corrected chi connectivity index (χ4v) is 0.789. The van der Waals surface area contributed by atoms with Gasteiger partial charge in [-0.2, -0.15) is 0 Å². The van der Waals surface area contributed by atoms with Gasteiger partial charge < -0.3 is 5.73 Å². The molecule has 2 nitrogen and oxygen atoms in total. The van der Waals surface area contributed by atoms with Crippen LogP contribution in [0, 0.1) is 0 Å². The predicted octanol–water partition coefficient (Wildman–Crippen LogP) is 1.78. The number of nitrogens with zero attached hydrogens (tertiary/aromatic N) is 1. The van der Waals surface area contributed by atoms with Gasteiger partial charge in [0.2, 0.25) is 0 Å². The zero-order valence-electron chi connectivity index (χ0n) is 6.01. The third-order valence-electron chi connectivity index (χ3n) is 1.31. The molecule has 1 heterocycles. The predicted molar refractivity (Wildman–Crippen MR) is 38.2 cm³/mol. The van der Waals surface area contributed by atoms with Crippen LogP contribution in [0.15, 0.2) is 18.3 Å². The van der Waals surface area contributed by atoms with Crippen LogP contribution in [0.25, 0.3) is 0 Å². The Morgan fingerprint density at radius 2 is 2.18 bits per heavy atom. The summed E-state index contributed by atoms with van der Waals surface area (Å²) in [4.78, 5) is 3.54. The molecule has 0 saturated carbocycles. The Kier molecular flexibility index (Phi) is 1.76. The van der Waals surface area contributed by atoms with E-state index in [1.807, 2.05) is 0 Å². The average Bonchev–Trinajstić information content (AvgIpc) is 1.86. The maximum absolute atomic E-state index is 12.6. The molecule has 0 radical (unpaired) electrons. The molecule has 0 fully saturated rings. The summed E-state index contributed by atoms with van der Waals surface area (Å²) >= 11 is 0. The molecule has 60 valence electrons. The standard InChI is InChI=1S/C7H8F2N2/c1-7(8,9)5-3-2-4-11-6(5)10/h2-4H,1H3,(H2,10,11). The highest BCUT2D eigenvalue weighted by Crippen LogP contribution is 2.29. The van der Waals surface area contributed by atoms with Crippen LogP contribution in [0.5, 0.6) is 0 Å². The first-order valence-corrected chi connectivity index (χ1v) is 3.10. The summed E-state index contributed by atoms with van der Waals surface area (Å²) in [5.74, 6) is -3.02. The number of hydrogen-bond donors (Lipinski definition) is 1. The summed E-state index contributed by atoms with van der Waals surface area (Å²) in [5, 5.41) is 0. The summed E-state index contributed by atoms with van der Waals surface area (Å²) in [6, 6.07) is 2.70. The summed E-state index contributed by atoms with van der Waals surface area (Å²) in [6.45, 7) is 0.792. The van der Waals surface area contributed by atoms with Crippen molar-refractivity contribution >= 4 is 5.82 Å². The molecule has 4 heteroatoms. The van der Waals surface area contributed by atoms with E-state index < -0.39 is 5.92 Å². The van der Waals surface area contributed by atoms with E-state index in [0.29, 0.717) is 0 Å². The number of hydrogen-bond acceptors (Lipinski definition) is 2.